The third-order valence-electron chi connectivity index (χ3n) is 4.24. The molecule has 0 bridgehead atoms. The maximum absolute atomic E-state index is 4.45. The average molecular weight is 270 g/mol. The van der Waals surface area contributed by atoms with Crippen molar-refractivity contribution >= 4 is 6.20 Å². The van der Waals surface area contributed by atoms with Gasteiger partial charge < -0.3 is 4.57 Å². The molecule has 1 unspecified atom stereocenters. The van der Waals surface area contributed by atoms with Crippen LogP contribution in [0.3, 0.4) is 0 Å². The highest BCUT2D eigenvalue weighted by molar-refractivity contribution is 5.24. The second-order valence-corrected chi connectivity index (χ2v) is 5.42. The predicted molar refractivity (Wildman–Crippen MR) is 81.2 cm³/mol. The molecule has 0 radical (unpaired) electrons. The Morgan fingerprint density at radius 2 is 2.30 bits per heavy atom. The van der Waals surface area contributed by atoms with Crippen molar-refractivity contribution in [1.29, 1.82) is 0 Å². The third-order valence-corrected chi connectivity index (χ3v) is 4.24. The summed E-state index contributed by atoms with van der Waals surface area (Å²) in [5.74, 6) is 0. The molecule has 2 aromatic rings. The number of rotatable bonds is 4. The maximum Gasteiger partial charge on any atom is 0.0642 e. The molecule has 0 fully saturated rings. The van der Waals surface area contributed by atoms with E-state index in [9.17, 15) is 0 Å². The fraction of sp³-hybridized carbons (Fsp3) is 0.438. The molecular weight excluding hydrogens is 248 g/mol. The minimum Gasteiger partial charge on any atom is -0.349 e. The summed E-state index contributed by atoms with van der Waals surface area (Å²) in [4.78, 5) is 2.56. The van der Waals surface area contributed by atoms with Gasteiger partial charge >= 0.3 is 0 Å². The van der Waals surface area contributed by atoms with Crippen molar-refractivity contribution in [1.82, 2.24) is 19.2 Å². The van der Waals surface area contributed by atoms with Gasteiger partial charge in [-0.1, -0.05) is 13.5 Å². The van der Waals surface area contributed by atoms with Crippen LogP contribution in [-0.4, -0.2) is 25.8 Å². The van der Waals surface area contributed by atoms with Gasteiger partial charge in [-0.15, -0.1) is 0 Å². The predicted octanol–water partition coefficient (Wildman–Crippen LogP) is 3.06. The Labute approximate surface area is 120 Å². The highest BCUT2D eigenvalue weighted by Gasteiger charge is 2.26. The van der Waals surface area contributed by atoms with Crippen LogP contribution >= 0.6 is 0 Å². The molecule has 3 heterocycles. The summed E-state index contributed by atoms with van der Waals surface area (Å²) in [6.45, 7) is 11.2. The second kappa shape index (κ2) is 5.29. The van der Waals surface area contributed by atoms with Crippen LogP contribution in [0.2, 0.25) is 0 Å². The lowest BCUT2D eigenvalue weighted by Crippen LogP contribution is -2.37. The molecule has 0 aliphatic carbocycles. The molecule has 3 rings (SSSR count). The van der Waals surface area contributed by atoms with Crippen LogP contribution in [0.15, 0.2) is 31.1 Å². The molecule has 4 nitrogen and oxygen atoms in total. The van der Waals surface area contributed by atoms with Gasteiger partial charge in [0.05, 0.1) is 11.7 Å². The fourth-order valence-corrected chi connectivity index (χ4v) is 3.16. The van der Waals surface area contributed by atoms with Crippen molar-refractivity contribution in [3.8, 4) is 0 Å². The van der Waals surface area contributed by atoms with E-state index < -0.39 is 0 Å². The lowest BCUT2D eigenvalue weighted by molar-refractivity contribution is 0.144. The molecule has 20 heavy (non-hydrogen) atoms. The Morgan fingerprint density at radius 3 is 3.00 bits per heavy atom. The second-order valence-electron chi connectivity index (χ2n) is 5.42. The van der Waals surface area contributed by atoms with Crippen LogP contribution in [0.5, 0.6) is 0 Å². The molecule has 4 heteroatoms. The van der Waals surface area contributed by atoms with Crippen LogP contribution in [0.1, 0.15) is 36.3 Å². The van der Waals surface area contributed by atoms with Gasteiger partial charge in [-0.2, -0.15) is 5.10 Å². The SMILES string of the molecule is C=Cn1cc(CN2CCn3cccc3C2CC)c(C)n1. The Bertz CT molecular complexity index is 608. The third kappa shape index (κ3) is 2.20. The van der Waals surface area contributed by atoms with Gasteiger partial charge in [0.1, 0.15) is 0 Å². The first kappa shape index (κ1) is 13.2. The van der Waals surface area contributed by atoms with E-state index in [0.29, 0.717) is 6.04 Å². The zero-order valence-electron chi connectivity index (χ0n) is 12.3. The lowest BCUT2D eigenvalue weighted by Gasteiger charge is -2.36. The largest absolute Gasteiger partial charge is 0.349 e. The molecule has 0 saturated carbocycles. The fourth-order valence-electron chi connectivity index (χ4n) is 3.16. The molecule has 106 valence electrons. The van der Waals surface area contributed by atoms with E-state index in [2.05, 4.69) is 59.5 Å². The monoisotopic (exact) mass is 270 g/mol. The van der Waals surface area contributed by atoms with Gasteiger partial charge in [-0.25, -0.2) is 4.68 Å². The first-order valence-corrected chi connectivity index (χ1v) is 7.29. The molecule has 1 aliphatic heterocycles. The summed E-state index contributed by atoms with van der Waals surface area (Å²) in [7, 11) is 0. The van der Waals surface area contributed by atoms with E-state index in [1.807, 2.05) is 0 Å². The summed E-state index contributed by atoms with van der Waals surface area (Å²) in [6, 6.07) is 4.91. The highest BCUT2D eigenvalue weighted by Crippen LogP contribution is 2.30. The minimum atomic E-state index is 0.505. The zero-order valence-corrected chi connectivity index (χ0v) is 12.3. The minimum absolute atomic E-state index is 0.505. The van der Waals surface area contributed by atoms with Crippen molar-refractivity contribution in [2.45, 2.75) is 39.4 Å². The van der Waals surface area contributed by atoms with E-state index >= 15 is 0 Å². The van der Waals surface area contributed by atoms with E-state index in [0.717, 1.165) is 31.7 Å². The molecule has 0 amide bonds. The van der Waals surface area contributed by atoms with Gasteiger partial charge in [0, 0.05) is 49.5 Å². The number of hydrogen-bond acceptors (Lipinski definition) is 2. The van der Waals surface area contributed by atoms with Crippen molar-refractivity contribution in [3.63, 3.8) is 0 Å². The van der Waals surface area contributed by atoms with E-state index in [1.54, 1.807) is 10.9 Å². The average Bonchev–Trinajstić information content (AvgIpc) is 3.05. The number of aryl methyl sites for hydroxylation is 1. The summed E-state index contributed by atoms with van der Waals surface area (Å²) >= 11 is 0. The van der Waals surface area contributed by atoms with Gasteiger partial charge in [-0.3, -0.25) is 4.90 Å². The topological polar surface area (TPSA) is 26.0 Å². The van der Waals surface area contributed by atoms with Gasteiger partial charge in [0.25, 0.3) is 0 Å². The van der Waals surface area contributed by atoms with E-state index in [1.165, 1.54) is 11.3 Å². The van der Waals surface area contributed by atoms with Gasteiger partial charge in [0.15, 0.2) is 0 Å². The van der Waals surface area contributed by atoms with Crippen molar-refractivity contribution < 1.29 is 0 Å². The first-order chi connectivity index (χ1) is 9.72. The molecule has 0 saturated heterocycles. The van der Waals surface area contributed by atoms with Crippen LogP contribution in [-0.2, 0) is 13.1 Å². The summed E-state index contributed by atoms with van der Waals surface area (Å²) in [6.07, 6.45) is 7.16. The van der Waals surface area contributed by atoms with Crippen LogP contribution in [0.4, 0.5) is 0 Å². The Balaban J connectivity index is 1.83. The smallest absolute Gasteiger partial charge is 0.0642 e. The Kier molecular flexibility index (Phi) is 3.49. The molecule has 2 aromatic heterocycles. The van der Waals surface area contributed by atoms with Crippen molar-refractivity contribution in [3.05, 3.63) is 48.1 Å². The summed E-state index contributed by atoms with van der Waals surface area (Å²) < 4.78 is 4.18. The molecule has 0 spiro atoms. The van der Waals surface area contributed by atoms with Crippen LogP contribution < -0.4 is 0 Å². The number of aromatic nitrogens is 3. The molecule has 1 aliphatic rings. The summed E-state index contributed by atoms with van der Waals surface area (Å²) in [5, 5.41) is 4.45. The standard InChI is InChI=1S/C16H22N4/c1-4-15-16-7-6-8-18(16)9-10-19(15)11-14-12-20(5-2)17-13(14)3/h5-8,12,15H,2,4,9-11H2,1,3H3. The number of fused-ring (bicyclic) bond motifs is 1. The first-order valence-electron chi connectivity index (χ1n) is 7.29. The highest BCUT2D eigenvalue weighted by atomic mass is 15.3. The molecular formula is C16H22N4. The maximum atomic E-state index is 4.45. The lowest BCUT2D eigenvalue weighted by atomic mass is 10.1. The zero-order chi connectivity index (χ0) is 14.1. The van der Waals surface area contributed by atoms with Crippen molar-refractivity contribution in [2.75, 3.05) is 6.54 Å². The normalized spacial score (nSPS) is 19.0. The van der Waals surface area contributed by atoms with Crippen LogP contribution in [0, 0.1) is 6.92 Å². The number of hydrogen-bond donors (Lipinski definition) is 0. The Hall–Kier alpha value is -1.81. The number of nitrogens with zero attached hydrogens (tertiary/aromatic N) is 4. The van der Waals surface area contributed by atoms with Crippen molar-refractivity contribution in [2.24, 2.45) is 0 Å². The molecule has 1 atom stereocenters. The van der Waals surface area contributed by atoms with E-state index in [4.69, 9.17) is 0 Å². The molecule has 0 N–H and O–H groups in total. The van der Waals surface area contributed by atoms with Gasteiger partial charge in [0.2, 0.25) is 0 Å². The summed E-state index contributed by atoms with van der Waals surface area (Å²) in [5.41, 5.74) is 3.83. The van der Waals surface area contributed by atoms with E-state index in [-0.39, 0.29) is 0 Å². The molecule has 0 aromatic carbocycles. The Morgan fingerprint density at radius 1 is 1.45 bits per heavy atom. The quantitative estimate of drug-likeness (QED) is 0.853. The van der Waals surface area contributed by atoms with Crippen LogP contribution in [0.25, 0.3) is 6.20 Å². The van der Waals surface area contributed by atoms with Gasteiger partial charge in [-0.05, 0) is 25.5 Å².